The van der Waals surface area contributed by atoms with Crippen molar-refractivity contribution in [1.29, 1.82) is 0 Å². The van der Waals surface area contributed by atoms with Gasteiger partial charge in [0.05, 0.1) is 31.3 Å². The second-order valence-electron chi connectivity index (χ2n) is 12.1. The van der Waals surface area contributed by atoms with E-state index in [0.717, 1.165) is 32.1 Å². The SMILES string of the molecule is CCCCC/C=C/CC/C=C/C(O)C(CO)NC(=O)CC(O)CCCCCCCCCCCCCCCCCCC. The Hall–Kier alpha value is -1.17. The molecule has 0 aliphatic carbocycles. The smallest absolute Gasteiger partial charge is 0.222 e. The van der Waals surface area contributed by atoms with E-state index in [4.69, 9.17) is 0 Å². The lowest BCUT2D eigenvalue weighted by Gasteiger charge is -2.21. The molecular weight excluding hydrogens is 510 g/mol. The van der Waals surface area contributed by atoms with Crippen LogP contribution in [0, 0.1) is 0 Å². The van der Waals surface area contributed by atoms with E-state index < -0.39 is 18.2 Å². The van der Waals surface area contributed by atoms with Crippen LogP contribution in [0.25, 0.3) is 0 Å². The van der Waals surface area contributed by atoms with E-state index in [0.29, 0.717) is 6.42 Å². The summed E-state index contributed by atoms with van der Waals surface area (Å²) in [6.45, 7) is 4.13. The fraction of sp³-hybridized carbons (Fsp3) is 0.861. The Morgan fingerprint density at radius 3 is 1.56 bits per heavy atom. The van der Waals surface area contributed by atoms with Gasteiger partial charge in [-0.1, -0.05) is 160 Å². The van der Waals surface area contributed by atoms with Crippen molar-refractivity contribution >= 4 is 5.91 Å². The molecule has 1 amide bonds. The summed E-state index contributed by atoms with van der Waals surface area (Å²) in [6, 6.07) is -0.754. The molecule has 4 N–H and O–H groups in total. The number of rotatable bonds is 31. The average Bonchev–Trinajstić information content (AvgIpc) is 2.96. The van der Waals surface area contributed by atoms with E-state index >= 15 is 0 Å². The van der Waals surface area contributed by atoms with E-state index in [2.05, 4.69) is 31.3 Å². The highest BCUT2D eigenvalue weighted by molar-refractivity contribution is 5.76. The number of aliphatic hydroxyl groups excluding tert-OH is 3. The molecule has 0 aromatic rings. The largest absolute Gasteiger partial charge is 0.394 e. The number of hydrogen-bond donors (Lipinski definition) is 4. The maximum Gasteiger partial charge on any atom is 0.222 e. The first-order valence-electron chi connectivity index (χ1n) is 17.6. The van der Waals surface area contributed by atoms with E-state index in [1.165, 1.54) is 116 Å². The molecule has 0 fully saturated rings. The van der Waals surface area contributed by atoms with Gasteiger partial charge < -0.3 is 20.6 Å². The molecule has 0 aromatic heterocycles. The number of allylic oxidation sites excluding steroid dienone is 3. The lowest BCUT2D eigenvalue weighted by molar-refractivity contribution is -0.124. The van der Waals surface area contributed by atoms with Gasteiger partial charge in [-0.15, -0.1) is 0 Å². The van der Waals surface area contributed by atoms with Gasteiger partial charge in [0.1, 0.15) is 0 Å². The first kappa shape index (κ1) is 39.8. The topological polar surface area (TPSA) is 89.8 Å². The number of carbonyl (C=O) groups is 1. The molecule has 0 aromatic carbocycles. The maximum absolute atomic E-state index is 12.3. The van der Waals surface area contributed by atoms with Crippen molar-refractivity contribution in [2.45, 2.75) is 193 Å². The van der Waals surface area contributed by atoms with Crippen LogP contribution in [0.15, 0.2) is 24.3 Å². The summed E-state index contributed by atoms with van der Waals surface area (Å²) >= 11 is 0. The van der Waals surface area contributed by atoms with Gasteiger partial charge in [0.25, 0.3) is 0 Å². The van der Waals surface area contributed by atoms with Gasteiger partial charge in [-0.2, -0.15) is 0 Å². The molecule has 0 aliphatic heterocycles. The molecule has 0 spiro atoms. The molecule has 5 heteroatoms. The van der Waals surface area contributed by atoms with Crippen molar-refractivity contribution in [1.82, 2.24) is 5.32 Å². The van der Waals surface area contributed by atoms with Gasteiger partial charge >= 0.3 is 0 Å². The Morgan fingerprint density at radius 1 is 0.610 bits per heavy atom. The molecule has 0 saturated carbocycles. The third kappa shape index (κ3) is 28.7. The second kappa shape index (κ2) is 31.8. The fourth-order valence-electron chi connectivity index (χ4n) is 5.24. The monoisotopic (exact) mass is 580 g/mol. The molecule has 242 valence electrons. The van der Waals surface area contributed by atoms with E-state index in [1.807, 2.05) is 6.08 Å². The standard InChI is InChI=1S/C36H69NO4/c1-3-5-7-9-11-13-14-15-16-17-18-19-20-22-23-25-27-29-33(39)31-36(41)37-34(32-38)35(40)30-28-26-24-21-12-10-8-6-4-2/h12,21,28,30,33-35,38-40H,3-11,13-20,22-27,29,31-32H2,1-2H3,(H,37,41)/b21-12+,30-28+. The van der Waals surface area contributed by atoms with Crippen LogP contribution in [0.2, 0.25) is 0 Å². The number of hydrogen-bond acceptors (Lipinski definition) is 4. The quantitative estimate of drug-likeness (QED) is 0.0487. The van der Waals surface area contributed by atoms with E-state index in [9.17, 15) is 20.1 Å². The molecule has 0 aliphatic rings. The van der Waals surface area contributed by atoms with Crippen molar-refractivity contribution in [2.24, 2.45) is 0 Å². The minimum atomic E-state index is -0.945. The van der Waals surface area contributed by atoms with E-state index in [-0.39, 0.29) is 18.9 Å². The zero-order valence-electron chi connectivity index (χ0n) is 27.2. The number of unbranched alkanes of at least 4 members (excludes halogenated alkanes) is 20. The normalized spacial score (nSPS) is 14.2. The summed E-state index contributed by atoms with van der Waals surface area (Å²) in [5.74, 6) is -0.328. The maximum atomic E-state index is 12.3. The van der Waals surface area contributed by atoms with Crippen LogP contribution in [0.4, 0.5) is 0 Å². The molecule has 5 nitrogen and oxygen atoms in total. The predicted octanol–water partition coefficient (Wildman–Crippen LogP) is 9.09. The highest BCUT2D eigenvalue weighted by Crippen LogP contribution is 2.15. The first-order valence-corrected chi connectivity index (χ1v) is 17.6. The molecule has 41 heavy (non-hydrogen) atoms. The molecule has 0 saturated heterocycles. The Balaban J connectivity index is 3.70. The molecule has 0 heterocycles. The van der Waals surface area contributed by atoms with Gasteiger partial charge in [-0.3, -0.25) is 4.79 Å². The van der Waals surface area contributed by atoms with Gasteiger partial charge in [0.2, 0.25) is 5.91 Å². The summed E-state index contributed by atoms with van der Waals surface area (Å²) in [5, 5.41) is 32.8. The summed E-state index contributed by atoms with van der Waals surface area (Å²) in [7, 11) is 0. The van der Waals surface area contributed by atoms with Crippen LogP contribution in [0.5, 0.6) is 0 Å². The molecule has 3 atom stereocenters. The van der Waals surface area contributed by atoms with Gasteiger partial charge in [-0.25, -0.2) is 0 Å². The lowest BCUT2D eigenvalue weighted by atomic mass is 10.0. The predicted molar refractivity (Wildman–Crippen MR) is 176 cm³/mol. The van der Waals surface area contributed by atoms with Crippen LogP contribution in [-0.2, 0) is 4.79 Å². The third-order valence-corrected chi connectivity index (χ3v) is 7.99. The number of carbonyl (C=O) groups excluding carboxylic acids is 1. The summed E-state index contributed by atoms with van der Waals surface area (Å²) < 4.78 is 0. The lowest BCUT2D eigenvalue weighted by Crippen LogP contribution is -2.45. The molecular formula is C36H69NO4. The summed E-state index contributed by atoms with van der Waals surface area (Å²) in [5.41, 5.74) is 0. The Bertz CT molecular complexity index is 606. The highest BCUT2D eigenvalue weighted by atomic mass is 16.3. The third-order valence-electron chi connectivity index (χ3n) is 7.99. The molecule has 3 unspecified atom stereocenters. The van der Waals surface area contributed by atoms with Crippen LogP contribution < -0.4 is 5.32 Å². The summed E-state index contributed by atoms with van der Waals surface area (Å²) in [6.07, 6.45) is 36.0. The zero-order chi connectivity index (χ0) is 30.2. The highest BCUT2D eigenvalue weighted by Gasteiger charge is 2.20. The zero-order valence-corrected chi connectivity index (χ0v) is 27.2. The minimum Gasteiger partial charge on any atom is -0.394 e. The van der Waals surface area contributed by atoms with Gasteiger partial charge in [-0.05, 0) is 32.1 Å². The number of aliphatic hydroxyl groups is 3. The van der Waals surface area contributed by atoms with Crippen molar-refractivity contribution in [3.8, 4) is 0 Å². The van der Waals surface area contributed by atoms with Crippen LogP contribution in [-0.4, -0.2) is 46.1 Å². The van der Waals surface area contributed by atoms with Crippen molar-refractivity contribution < 1.29 is 20.1 Å². The van der Waals surface area contributed by atoms with Gasteiger partial charge in [0.15, 0.2) is 0 Å². The molecule has 0 radical (unpaired) electrons. The number of amides is 1. The molecule has 0 rings (SSSR count). The Morgan fingerprint density at radius 2 is 1.05 bits per heavy atom. The first-order chi connectivity index (χ1) is 20.0. The summed E-state index contributed by atoms with van der Waals surface area (Å²) in [4.78, 5) is 12.3. The second-order valence-corrected chi connectivity index (χ2v) is 12.1. The van der Waals surface area contributed by atoms with Gasteiger partial charge in [0, 0.05) is 0 Å². The van der Waals surface area contributed by atoms with Crippen molar-refractivity contribution in [2.75, 3.05) is 6.61 Å². The Labute approximate surface area is 254 Å². The minimum absolute atomic E-state index is 0.00855. The van der Waals surface area contributed by atoms with Crippen molar-refractivity contribution in [3.63, 3.8) is 0 Å². The van der Waals surface area contributed by atoms with Crippen molar-refractivity contribution in [3.05, 3.63) is 24.3 Å². The Kier molecular flexibility index (Phi) is 30.9. The molecule has 0 bridgehead atoms. The fourth-order valence-corrected chi connectivity index (χ4v) is 5.24. The average molecular weight is 580 g/mol. The van der Waals surface area contributed by atoms with Crippen LogP contribution >= 0.6 is 0 Å². The number of nitrogens with one attached hydrogen (secondary N) is 1. The van der Waals surface area contributed by atoms with Crippen LogP contribution in [0.3, 0.4) is 0 Å². The van der Waals surface area contributed by atoms with Crippen LogP contribution in [0.1, 0.15) is 174 Å². The van der Waals surface area contributed by atoms with E-state index in [1.54, 1.807) is 6.08 Å².